The fourth-order valence-electron chi connectivity index (χ4n) is 3.33. The van der Waals surface area contributed by atoms with E-state index in [4.69, 9.17) is 4.74 Å². The van der Waals surface area contributed by atoms with Crippen LogP contribution in [-0.4, -0.2) is 36.1 Å². The zero-order chi connectivity index (χ0) is 19.5. The monoisotopic (exact) mass is 371 g/mol. The molecule has 1 N–H and O–H groups in total. The maximum absolute atomic E-state index is 9.48. The van der Waals surface area contributed by atoms with Crippen molar-refractivity contribution in [3.63, 3.8) is 0 Å². The molecule has 0 aliphatic heterocycles. The minimum atomic E-state index is -0.448. The molecule has 2 unspecified atom stereocenters. The predicted octanol–water partition coefficient (Wildman–Crippen LogP) is 6.88. The normalized spacial score (nSPS) is 14.1. The Balaban J connectivity index is 3.14. The average molecular weight is 372 g/mol. The first-order valence-electron chi connectivity index (χ1n) is 11.6. The summed E-state index contributed by atoms with van der Waals surface area (Å²) in [4.78, 5) is 1.84. The van der Waals surface area contributed by atoms with Gasteiger partial charge in [0.15, 0.2) is 0 Å². The lowest BCUT2D eigenvalue weighted by Gasteiger charge is -2.27. The van der Waals surface area contributed by atoms with Gasteiger partial charge in [-0.1, -0.05) is 103 Å². The van der Waals surface area contributed by atoms with Crippen LogP contribution in [0, 0.1) is 0 Å². The molecule has 26 heavy (non-hydrogen) atoms. The van der Waals surface area contributed by atoms with Crippen LogP contribution in [0.25, 0.3) is 0 Å². The van der Waals surface area contributed by atoms with E-state index in [0.717, 1.165) is 13.0 Å². The highest BCUT2D eigenvalue weighted by Crippen LogP contribution is 2.14. The smallest absolute Gasteiger partial charge is 0.109 e. The topological polar surface area (TPSA) is 32.7 Å². The second-order valence-corrected chi connectivity index (χ2v) is 8.07. The Morgan fingerprint density at radius 3 is 1.35 bits per heavy atom. The molecule has 0 aromatic rings. The highest BCUT2D eigenvalue weighted by molar-refractivity contribution is 4.54. The quantitative estimate of drug-likeness (QED) is 0.187. The van der Waals surface area contributed by atoms with Crippen molar-refractivity contribution < 1.29 is 9.84 Å². The maximum Gasteiger partial charge on any atom is 0.109 e. The zero-order valence-corrected chi connectivity index (χ0v) is 18.5. The number of unbranched alkanes of at least 4 members (excludes halogenated alkanes) is 15. The van der Waals surface area contributed by atoms with Gasteiger partial charge in [-0.05, 0) is 27.3 Å². The van der Waals surface area contributed by atoms with Gasteiger partial charge in [0.1, 0.15) is 12.5 Å². The molecular formula is C23H49NO2. The lowest BCUT2D eigenvalue weighted by Crippen LogP contribution is -2.38. The van der Waals surface area contributed by atoms with Crippen LogP contribution in [-0.2, 0) is 4.74 Å². The third-order valence-electron chi connectivity index (χ3n) is 5.52. The Labute approximate surface area is 164 Å². The molecule has 0 spiro atoms. The van der Waals surface area contributed by atoms with Crippen molar-refractivity contribution in [2.24, 2.45) is 0 Å². The lowest BCUT2D eigenvalue weighted by atomic mass is 10.0. The van der Waals surface area contributed by atoms with Crippen LogP contribution in [0.4, 0.5) is 0 Å². The van der Waals surface area contributed by atoms with E-state index in [1.165, 1.54) is 96.3 Å². The highest BCUT2D eigenvalue weighted by Gasteiger charge is 2.12. The van der Waals surface area contributed by atoms with Gasteiger partial charge in [-0.15, -0.1) is 0 Å². The molecule has 3 nitrogen and oxygen atoms in total. The zero-order valence-electron chi connectivity index (χ0n) is 18.5. The van der Waals surface area contributed by atoms with E-state index in [1.54, 1.807) is 6.92 Å². The summed E-state index contributed by atoms with van der Waals surface area (Å²) in [5.74, 6) is 0. The summed E-state index contributed by atoms with van der Waals surface area (Å²) in [5.41, 5.74) is 0. The van der Waals surface area contributed by atoms with Crippen LogP contribution >= 0.6 is 0 Å². The first-order valence-corrected chi connectivity index (χ1v) is 11.6. The molecule has 0 saturated heterocycles. The average Bonchev–Trinajstić information content (AvgIpc) is 2.63. The first-order chi connectivity index (χ1) is 12.6. The summed E-state index contributed by atoms with van der Waals surface area (Å²) in [6.07, 6.45) is 21.8. The molecule has 0 aliphatic rings. The maximum atomic E-state index is 9.48. The molecule has 158 valence electrons. The second kappa shape index (κ2) is 19.6. The van der Waals surface area contributed by atoms with E-state index in [1.807, 2.05) is 18.9 Å². The number of aliphatic hydroxyl groups is 1. The van der Waals surface area contributed by atoms with Crippen molar-refractivity contribution in [2.75, 3.05) is 13.7 Å². The minimum absolute atomic E-state index is 0.00802. The van der Waals surface area contributed by atoms with Crippen LogP contribution in [0.15, 0.2) is 0 Å². The van der Waals surface area contributed by atoms with Crippen LogP contribution in [0.2, 0.25) is 0 Å². The van der Waals surface area contributed by atoms with Gasteiger partial charge >= 0.3 is 0 Å². The summed E-state index contributed by atoms with van der Waals surface area (Å²) in [5, 5.41) is 9.48. The molecule has 0 bridgehead atoms. The van der Waals surface area contributed by atoms with E-state index in [-0.39, 0.29) is 6.23 Å². The molecule has 0 heterocycles. The standard InChI is InChI=1S/C23H49NO2/c1-5-6-7-8-9-10-11-12-13-14-15-16-17-18-19-20-21-26-23(3)24(4)22(2)25/h22-23,25H,5-21H2,1-4H3. The number of ether oxygens (including phenoxy) is 1. The van der Waals surface area contributed by atoms with Crippen LogP contribution in [0.1, 0.15) is 124 Å². The number of hydrogen-bond acceptors (Lipinski definition) is 3. The van der Waals surface area contributed by atoms with Gasteiger partial charge in [-0.25, -0.2) is 0 Å². The third-order valence-corrected chi connectivity index (χ3v) is 5.52. The predicted molar refractivity (Wildman–Crippen MR) is 114 cm³/mol. The molecule has 0 aromatic carbocycles. The van der Waals surface area contributed by atoms with E-state index in [0.29, 0.717) is 0 Å². The second-order valence-electron chi connectivity index (χ2n) is 8.07. The number of aliphatic hydroxyl groups excluding tert-OH is 1. The van der Waals surface area contributed by atoms with Crippen LogP contribution in [0.5, 0.6) is 0 Å². The molecule has 2 atom stereocenters. The van der Waals surface area contributed by atoms with E-state index < -0.39 is 6.23 Å². The molecule has 0 aromatic heterocycles. The molecule has 0 rings (SSSR count). The lowest BCUT2D eigenvalue weighted by molar-refractivity contribution is -0.103. The van der Waals surface area contributed by atoms with Crippen molar-refractivity contribution >= 4 is 0 Å². The molecule has 0 aliphatic carbocycles. The molecule has 3 heteroatoms. The molecule has 0 radical (unpaired) electrons. The Kier molecular flexibility index (Phi) is 19.5. The van der Waals surface area contributed by atoms with Gasteiger partial charge in [-0.3, -0.25) is 4.90 Å². The van der Waals surface area contributed by atoms with Gasteiger partial charge in [0.25, 0.3) is 0 Å². The molecule has 0 amide bonds. The summed E-state index contributed by atoms with van der Waals surface area (Å²) < 4.78 is 5.75. The summed E-state index contributed by atoms with van der Waals surface area (Å²) in [7, 11) is 1.89. The molecule has 0 saturated carbocycles. The Hall–Kier alpha value is -0.120. The van der Waals surface area contributed by atoms with Crippen molar-refractivity contribution in [3.8, 4) is 0 Å². The van der Waals surface area contributed by atoms with E-state index >= 15 is 0 Å². The first kappa shape index (κ1) is 25.9. The number of nitrogens with zero attached hydrogens (tertiary/aromatic N) is 1. The van der Waals surface area contributed by atoms with Crippen molar-refractivity contribution in [1.82, 2.24) is 4.90 Å². The van der Waals surface area contributed by atoms with E-state index in [9.17, 15) is 5.11 Å². The van der Waals surface area contributed by atoms with Crippen molar-refractivity contribution in [1.29, 1.82) is 0 Å². The summed E-state index contributed by atoms with van der Waals surface area (Å²) in [6, 6.07) is 0. The van der Waals surface area contributed by atoms with Gasteiger partial charge in [0.2, 0.25) is 0 Å². The fourth-order valence-corrected chi connectivity index (χ4v) is 3.33. The van der Waals surface area contributed by atoms with Crippen molar-refractivity contribution in [2.45, 2.75) is 136 Å². The Morgan fingerprint density at radius 2 is 1.00 bits per heavy atom. The molecule has 0 fully saturated rings. The summed E-state index contributed by atoms with van der Waals surface area (Å²) in [6.45, 7) is 6.86. The number of rotatable bonds is 20. The number of hydrogen-bond donors (Lipinski definition) is 1. The van der Waals surface area contributed by atoms with Crippen molar-refractivity contribution in [3.05, 3.63) is 0 Å². The Morgan fingerprint density at radius 1 is 0.654 bits per heavy atom. The highest BCUT2D eigenvalue weighted by atomic mass is 16.5. The van der Waals surface area contributed by atoms with E-state index in [2.05, 4.69) is 6.92 Å². The van der Waals surface area contributed by atoms with Crippen LogP contribution in [0.3, 0.4) is 0 Å². The minimum Gasteiger partial charge on any atom is -0.379 e. The van der Waals surface area contributed by atoms with Gasteiger partial charge < -0.3 is 9.84 Å². The van der Waals surface area contributed by atoms with Crippen LogP contribution < -0.4 is 0 Å². The van der Waals surface area contributed by atoms with Gasteiger partial charge in [-0.2, -0.15) is 0 Å². The van der Waals surface area contributed by atoms with Gasteiger partial charge in [0.05, 0.1) is 0 Å². The summed E-state index contributed by atoms with van der Waals surface area (Å²) >= 11 is 0. The third kappa shape index (κ3) is 17.3. The SMILES string of the molecule is CCCCCCCCCCCCCCCCCCOC(C)N(C)C(C)O. The largest absolute Gasteiger partial charge is 0.379 e. The van der Waals surface area contributed by atoms with Gasteiger partial charge in [0, 0.05) is 6.61 Å². The Bertz CT molecular complexity index is 271. The molecular weight excluding hydrogens is 322 g/mol. The fraction of sp³-hybridized carbons (Fsp3) is 1.00.